The summed E-state index contributed by atoms with van der Waals surface area (Å²) in [5.74, 6) is 0. The first-order chi connectivity index (χ1) is 6.81. The van der Waals surface area contributed by atoms with Crippen molar-refractivity contribution in [3.05, 3.63) is 0 Å². The summed E-state index contributed by atoms with van der Waals surface area (Å²) in [6.07, 6.45) is -5.07. The fourth-order valence-electron chi connectivity index (χ4n) is 0. The number of carbonyl (C=O) groups is 3. The second kappa shape index (κ2) is 19.6. The van der Waals surface area contributed by atoms with Crippen LogP contribution >= 0.6 is 0 Å². The fourth-order valence-corrected chi connectivity index (χ4v) is 0. The maximum atomic E-state index is 8.90. The van der Waals surface area contributed by atoms with Crippen LogP contribution in [-0.2, 0) is 14.7 Å². The quantitative estimate of drug-likeness (QED) is 0.194. The molecule has 0 rings (SSSR count). The van der Waals surface area contributed by atoms with E-state index >= 15 is 0 Å². The van der Waals surface area contributed by atoms with Crippen LogP contribution in [0.3, 0.4) is 0 Å². The predicted molar refractivity (Wildman–Crippen MR) is 35.2 cm³/mol. The average molecular weight is 375 g/mol. The zero-order valence-corrected chi connectivity index (χ0v) is 10.9. The van der Waals surface area contributed by atoms with Crippen LogP contribution in [0.2, 0.25) is 0 Å². The van der Waals surface area contributed by atoms with Crippen molar-refractivity contribution in [1.29, 1.82) is 0 Å². The van der Waals surface area contributed by atoms with E-state index < -0.39 is 18.5 Å². The van der Waals surface area contributed by atoms with Gasteiger partial charge in [-0.1, -0.05) is 0 Å². The summed E-state index contributed by atoms with van der Waals surface area (Å²) >= 11 is 0. The molecule has 0 aliphatic heterocycles. The van der Waals surface area contributed by atoms with E-state index in [2.05, 4.69) is 14.7 Å². The van der Waals surface area contributed by atoms with E-state index in [1.807, 2.05) is 0 Å². The molecule has 0 aliphatic carbocycles. The van der Waals surface area contributed by atoms with Crippen LogP contribution in [-0.4, -0.2) is 49.6 Å². The Labute approximate surface area is 119 Å². The van der Waals surface area contributed by atoms with Gasteiger partial charge in [-0.3, -0.25) is 14.7 Å². The topological polar surface area (TPSA) is 200 Å². The third-order valence-electron chi connectivity index (χ3n) is 0.234. The Kier molecular flexibility index (Phi) is 29.8. The second-order valence-electron chi connectivity index (χ2n) is 1.07. The Morgan fingerprint density at radius 3 is 0.688 bits per heavy atom. The van der Waals surface area contributed by atoms with Crippen LogP contribution in [0.1, 0.15) is 0 Å². The molecule has 0 spiro atoms. The average Bonchev–Trinajstić information content (AvgIpc) is 2.19. The van der Waals surface area contributed by atoms with Crippen molar-refractivity contribution in [3.8, 4) is 0 Å². The summed E-state index contributed by atoms with van der Waals surface area (Å²) < 4.78 is 0. The molecule has 13 heteroatoms. The van der Waals surface area contributed by atoms with Crippen molar-refractivity contribution >= 4 is 18.5 Å². The van der Waals surface area contributed by atoms with Crippen molar-refractivity contribution in [2.75, 3.05) is 0 Å². The standard InChI is InChI=1S/3CH2O4.Pr/c3*2-1(3)5-4;/h3*4H,(H,2,3);. The first-order valence-electron chi connectivity index (χ1n) is 2.44. The van der Waals surface area contributed by atoms with Gasteiger partial charge < -0.3 is 15.3 Å². The maximum Gasteiger partial charge on any atom is 0.537 e. The molecule has 93 valence electrons. The van der Waals surface area contributed by atoms with Gasteiger partial charge in [0.2, 0.25) is 0 Å². The van der Waals surface area contributed by atoms with E-state index in [1.54, 1.807) is 0 Å². The molecule has 0 amide bonds. The van der Waals surface area contributed by atoms with Gasteiger partial charge in [0.1, 0.15) is 0 Å². The number of carboxylic acid groups (broad SMARTS) is 3. The van der Waals surface area contributed by atoms with Crippen LogP contribution < -0.4 is 0 Å². The van der Waals surface area contributed by atoms with Crippen LogP contribution in [0.25, 0.3) is 0 Å². The van der Waals surface area contributed by atoms with Gasteiger partial charge >= 0.3 is 18.5 Å². The summed E-state index contributed by atoms with van der Waals surface area (Å²) in [7, 11) is 0. The van der Waals surface area contributed by atoms with Crippen molar-refractivity contribution in [2.45, 2.75) is 0 Å². The van der Waals surface area contributed by atoms with E-state index in [9.17, 15) is 0 Å². The minimum Gasteiger partial charge on any atom is -0.448 e. The molecule has 0 heterocycles. The largest absolute Gasteiger partial charge is 0.537 e. The van der Waals surface area contributed by atoms with Gasteiger partial charge in [-0.15, -0.1) is 0 Å². The fraction of sp³-hybridized carbons (Fsp3) is 0. The predicted octanol–water partition coefficient (Wildman–Crippen LogP) is 0.462. The normalized spacial score (nSPS) is 6.19. The third-order valence-corrected chi connectivity index (χ3v) is 0.234. The molecule has 0 saturated heterocycles. The van der Waals surface area contributed by atoms with E-state index in [-0.39, 0.29) is 41.3 Å². The monoisotopic (exact) mass is 375 g/mol. The molecule has 0 aromatic rings. The molecule has 0 atom stereocenters. The van der Waals surface area contributed by atoms with Crippen molar-refractivity contribution in [3.63, 3.8) is 0 Å². The summed E-state index contributed by atoms with van der Waals surface area (Å²) in [6.45, 7) is 0. The van der Waals surface area contributed by atoms with Crippen LogP contribution in [0.4, 0.5) is 14.4 Å². The van der Waals surface area contributed by atoms with E-state index in [0.717, 1.165) is 0 Å². The van der Waals surface area contributed by atoms with E-state index in [1.165, 1.54) is 0 Å². The Morgan fingerprint density at radius 1 is 0.625 bits per heavy atom. The summed E-state index contributed by atoms with van der Waals surface area (Å²) in [5, 5.41) is 42.9. The molecular weight excluding hydrogens is 369 g/mol. The number of hydrogen-bond acceptors (Lipinski definition) is 9. The first kappa shape index (κ1) is 24.3. The van der Waals surface area contributed by atoms with Gasteiger partial charge in [0.05, 0.1) is 0 Å². The number of hydrogen-bond donors (Lipinski definition) is 6. The molecule has 0 saturated carbocycles. The van der Waals surface area contributed by atoms with E-state index in [0.29, 0.717) is 0 Å². The molecule has 0 aromatic heterocycles. The Morgan fingerprint density at radius 2 is 0.688 bits per heavy atom. The molecule has 16 heavy (non-hydrogen) atoms. The van der Waals surface area contributed by atoms with Gasteiger partial charge in [-0.05, 0) is 0 Å². The van der Waals surface area contributed by atoms with Crippen molar-refractivity contribution in [2.24, 2.45) is 0 Å². The first-order valence-corrected chi connectivity index (χ1v) is 2.44. The van der Waals surface area contributed by atoms with Crippen molar-refractivity contribution in [1.82, 2.24) is 0 Å². The van der Waals surface area contributed by atoms with Gasteiger partial charge in [0, 0.05) is 41.3 Å². The smallest absolute Gasteiger partial charge is 0.448 e. The molecule has 0 unspecified atom stereocenters. The Balaban J connectivity index is -0.0000000655. The van der Waals surface area contributed by atoms with Crippen LogP contribution in [0.5, 0.6) is 0 Å². The third kappa shape index (κ3) is 74.3. The molecule has 0 aliphatic rings. The molecule has 0 fully saturated rings. The van der Waals surface area contributed by atoms with Gasteiger partial charge in [-0.25, -0.2) is 14.4 Å². The molecule has 6 N–H and O–H groups in total. The minimum atomic E-state index is -1.69. The van der Waals surface area contributed by atoms with E-state index in [4.69, 9.17) is 45.5 Å². The molecular formula is C3H6O12Pr. The molecule has 0 bridgehead atoms. The summed E-state index contributed by atoms with van der Waals surface area (Å²) in [6, 6.07) is 0. The SMILES string of the molecule is O=C(O)OO.O=C(O)OO.O=C(O)OO.[Pr]. The Hall–Kier alpha value is -0.946. The van der Waals surface area contributed by atoms with Gasteiger partial charge in [0.15, 0.2) is 0 Å². The minimum absolute atomic E-state index is 0. The molecule has 0 aromatic carbocycles. The molecule has 12 nitrogen and oxygen atoms in total. The maximum absolute atomic E-state index is 8.90. The van der Waals surface area contributed by atoms with Gasteiger partial charge in [-0.2, -0.15) is 15.8 Å². The Bertz CT molecular complexity index is 155. The zero-order chi connectivity index (χ0) is 12.9. The molecule has 1 radical (unpaired) electrons. The van der Waals surface area contributed by atoms with Gasteiger partial charge in [0.25, 0.3) is 0 Å². The van der Waals surface area contributed by atoms with Crippen LogP contribution in [0.15, 0.2) is 0 Å². The van der Waals surface area contributed by atoms with Crippen molar-refractivity contribution < 1.29 is 101 Å². The summed E-state index contributed by atoms with van der Waals surface area (Å²) in [5.41, 5.74) is 0. The zero-order valence-electron chi connectivity index (χ0n) is 7.21. The second-order valence-corrected chi connectivity index (χ2v) is 1.07. The summed E-state index contributed by atoms with van der Waals surface area (Å²) in [4.78, 5) is 34.7. The number of rotatable bonds is 0. The van der Waals surface area contributed by atoms with Crippen LogP contribution in [0, 0.1) is 41.3 Å².